The lowest BCUT2D eigenvalue weighted by Crippen LogP contribution is -2.49. The Kier molecular flexibility index (Phi) is 8.30. The predicted octanol–water partition coefficient (Wildman–Crippen LogP) is 8.99. The van der Waals surface area contributed by atoms with Gasteiger partial charge in [-0.3, -0.25) is 14.8 Å². The molecule has 46 heavy (non-hydrogen) atoms. The van der Waals surface area contributed by atoms with E-state index in [9.17, 15) is 18.0 Å². The third-order valence-corrected chi connectivity index (χ3v) is 15.7. The maximum atomic E-state index is 13.5. The highest BCUT2D eigenvalue weighted by molar-refractivity contribution is 6.74. The molecule has 2 aliphatic carbocycles. The molecule has 1 saturated carbocycles. The van der Waals surface area contributed by atoms with Crippen LogP contribution in [0.4, 0.5) is 13.2 Å². The molecule has 11 heteroatoms. The molecule has 4 heterocycles. The van der Waals surface area contributed by atoms with Crippen LogP contribution in [0.1, 0.15) is 144 Å². The molecule has 2 aromatic rings. The molecular weight excluding hydrogens is 613 g/mol. The van der Waals surface area contributed by atoms with Crippen molar-refractivity contribution < 1.29 is 36.6 Å². The van der Waals surface area contributed by atoms with Gasteiger partial charge >= 0.3 is 12.1 Å². The summed E-state index contributed by atoms with van der Waals surface area (Å²) in [5, 5.41) is -0.0531. The molecule has 1 unspecified atom stereocenters. The average molecular weight is 661 g/mol. The van der Waals surface area contributed by atoms with Crippen LogP contribution in [-0.2, 0) is 35.2 Å². The molecule has 2 spiro atoms. The molecule has 2 aromatic heterocycles. The Morgan fingerprint density at radius 2 is 1.74 bits per heavy atom. The molecule has 0 radical (unpaired) electrons. The number of halogens is 3. The summed E-state index contributed by atoms with van der Waals surface area (Å²) in [7, 11) is -2.32. The Labute approximate surface area is 271 Å². The Hall–Kier alpha value is -2.34. The molecule has 0 bridgehead atoms. The van der Waals surface area contributed by atoms with Gasteiger partial charge in [-0.25, -0.2) is 0 Å². The van der Waals surface area contributed by atoms with E-state index < -0.39 is 38.0 Å². The largest absolute Gasteiger partial charge is 0.455 e. The molecule has 7 nitrogen and oxygen atoms in total. The summed E-state index contributed by atoms with van der Waals surface area (Å²) in [4.78, 5) is 21.9. The van der Waals surface area contributed by atoms with E-state index in [2.05, 4.69) is 52.7 Å². The Morgan fingerprint density at radius 3 is 2.24 bits per heavy atom. The number of carbonyl (C=O) groups is 1. The number of alkyl halides is 3. The van der Waals surface area contributed by atoms with Crippen LogP contribution in [0.2, 0.25) is 18.1 Å². The van der Waals surface area contributed by atoms with Crippen LogP contribution in [0, 0.1) is 5.41 Å². The van der Waals surface area contributed by atoms with Crippen molar-refractivity contribution >= 4 is 14.3 Å². The van der Waals surface area contributed by atoms with E-state index in [1.165, 1.54) is 19.2 Å². The molecule has 252 valence electrons. The maximum Gasteiger partial charge on any atom is 0.433 e. The number of hydrogen-bond donors (Lipinski definition) is 0. The van der Waals surface area contributed by atoms with E-state index in [1.807, 2.05) is 0 Å². The third-order valence-electron chi connectivity index (χ3n) is 11.2. The number of ether oxygens (including phenoxy) is 3. The van der Waals surface area contributed by atoms with Crippen LogP contribution in [0.15, 0.2) is 18.3 Å². The van der Waals surface area contributed by atoms with Crippen LogP contribution in [0.25, 0.3) is 0 Å². The number of esters is 1. The van der Waals surface area contributed by atoms with Crippen LogP contribution in [0.5, 0.6) is 0 Å². The maximum absolute atomic E-state index is 13.5. The molecule has 1 saturated heterocycles. The molecule has 0 aromatic carbocycles. The van der Waals surface area contributed by atoms with Crippen molar-refractivity contribution in [2.24, 2.45) is 5.41 Å². The van der Waals surface area contributed by atoms with Gasteiger partial charge in [-0.1, -0.05) is 47.1 Å². The van der Waals surface area contributed by atoms with Crippen LogP contribution in [0.3, 0.4) is 0 Å². The zero-order chi connectivity index (χ0) is 33.4. The number of aromatic nitrogens is 2. The monoisotopic (exact) mass is 660 g/mol. The summed E-state index contributed by atoms with van der Waals surface area (Å²) in [6.45, 7) is 17.8. The van der Waals surface area contributed by atoms with E-state index in [4.69, 9.17) is 23.6 Å². The van der Waals surface area contributed by atoms with Gasteiger partial charge in [-0.05, 0) is 54.9 Å². The average Bonchev–Trinajstić information content (AvgIpc) is 3.25. The first kappa shape index (κ1) is 33.6. The quantitative estimate of drug-likeness (QED) is 0.234. The molecular formula is C35H47F3N2O5Si. The van der Waals surface area contributed by atoms with E-state index in [0.717, 1.165) is 53.4 Å². The van der Waals surface area contributed by atoms with Crippen LogP contribution in [-0.4, -0.2) is 37.5 Å². The fraction of sp³-hybridized carbons (Fsp3) is 0.686. The predicted molar refractivity (Wildman–Crippen MR) is 169 cm³/mol. The first-order valence-electron chi connectivity index (χ1n) is 16.6. The lowest BCUT2D eigenvalue weighted by Gasteiger charge is -2.54. The van der Waals surface area contributed by atoms with Crippen molar-refractivity contribution in [2.45, 2.75) is 134 Å². The van der Waals surface area contributed by atoms with Crippen molar-refractivity contribution in [3.05, 3.63) is 57.7 Å². The first-order valence-corrected chi connectivity index (χ1v) is 19.5. The highest BCUT2D eigenvalue weighted by Gasteiger charge is 2.59. The van der Waals surface area contributed by atoms with Gasteiger partial charge in [0.2, 0.25) is 0 Å². The molecule has 6 rings (SSSR count). The van der Waals surface area contributed by atoms with E-state index >= 15 is 0 Å². The van der Waals surface area contributed by atoms with Crippen LogP contribution >= 0.6 is 0 Å². The SMILES string of the molecule is CC(=O)O[C@@H]1c2nc(C(C)C)c3c(c2C(O[Si](C)(C)C(C)(C)C)CC12CCC2)C1(CCOCC1)O[C@@H]3c1ccc(C(F)(F)F)nc1. The van der Waals surface area contributed by atoms with Gasteiger partial charge in [0.25, 0.3) is 0 Å². The minimum atomic E-state index is -4.55. The standard InChI is InChI=1S/C35H47F3N2O5Si/c1-20(2)28-26-27(34(14-16-42-17-15-34)44-30(26)22-10-11-24(39-19-22)35(36,37)38)25-23(45-46(7,8)32(4,5)6)18-33(12-9-13-33)31(29(25)40-28)43-21(3)41/h10-11,19-20,23,30-31H,9,12-18H2,1-8H3/t23?,30-,31-/m1/s1. The zero-order valence-corrected chi connectivity index (χ0v) is 29.3. The van der Waals surface area contributed by atoms with Crippen molar-refractivity contribution in [3.8, 4) is 0 Å². The number of fused-ring (bicyclic) bond motifs is 4. The van der Waals surface area contributed by atoms with Gasteiger partial charge in [0.1, 0.15) is 17.9 Å². The van der Waals surface area contributed by atoms with Gasteiger partial charge in [0.05, 0.1) is 17.4 Å². The van der Waals surface area contributed by atoms with E-state index in [-0.39, 0.29) is 28.4 Å². The second-order valence-corrected chi connectivity index (χ2v) is 20.4. The fourth-order valence-corrected chi connectivity index (χ4v) is 8.96. The van der Waals surface area contributed by atoms with Crippen LogP contribution < -0.4 is 0 Å². The number of hydrogen-bond acceptors (Lipinski definition) is 7. The smallest absolute Gasteiger partial charge is 0.433 e. The van der Waals surface area contributed by atoms with Crippen molar-refractivity contribution in [3.63, 3.8) is 0 Å². The molecule has 4 aliphatic rings. The lowest BCUT2D eigenvalue weighted by molar-refractivity contribution is -0.167. The molecule has 3 atom stereocenters. The first-order chi connectivity index (χ1) is 21.4. The summed E-state index contributed by atoms with van der Waals surface area (Å²) in [5.74, 6) is -0.385. The lowest BCUT2D eigenvalue weighted by atomic mass is 9.57. The molecule has 2 aliphatic heterocycles. The Morgan fingerprint density at radius 1 is 1.07 bits per heavy atom. The highest BCUT2D eigenvalue weighted by Crippen LogP contribution is 2.65. The molecule has 0 amide bonds. The zero-order valence-electron chi connectivity index (χ0n) is 28.3. The summed E-state index contributed by atoms with van der Waals surface area (Å²) in [6.07, 6.45) is 0.0253. The van der Waals surface area contributed by atoms with E-state index in [1.54, 1.807) is 0 Å². The minimum Gasteiger partial charge on any atom is -0.455 e. The van der Waals surface area contributed by atoms with E-state index in [0.29, 0.717) is 38.0 Å². The summed E-state index contributed by atoms with van der Waals surface area (Å²) in [6, 6.07) is 2.50. The minimum absolute atomic E-state index is 0.0421. The summed E-state index contributed by atoms with van der Waals surface area (Å²) >= 11 is 0. The molecule has 2 fully saturated rings. The second-order valence-electron chi connectivity index (χ2n) is 15.6. The topological polar surface area (TPSA) is 79.8 Å². The summed E-state index contributed by atoms with van der Waals surface area (Å²) in [5.41, 5.74) is 2.97. The third kappa shape index (κ3) is 5.52. The van der Waals surface area contributed by atoms with Gasteiger partial charge < -0.3 is 18.6 Å². The number of rotatable bonds is 5. The number of nitrogens with zero attached hydrogens (tertiary/aromatic N) is 2. The normalized spacial score (nSPS) is 25.3. The fourth-order valence-electron chi connectivity index (χ4n) is 7.69. The number of pyridine rings is 2. The van der Waals surface area contributed by atoms with Gasteiger partial charge in [-0.15, -0.1) is 0 Å². The van der Waals surface area contributed by atoms with Crippen molar-refractivity contribution in [2.75, 3.05) is 13.2 Å². The van der Waals surface area contributed by atoms with Gasteiger partial charge in [0.15, 0.2) is 8.32 Å². The number of carbonyl (C=O) groups excluding carboxylic acids is 1. The van der Waals surface area contributed by atoms with Crippen molar-refractivity contribution in [1.29, 1.82) is 0 Å². The highest BCUT2D eigenvalue weighted by atomic mass is 28.4. The Bertz CT molecular complexity index is 1490. The van der Waals surface area contributed by atoms with Crippen molar-refractivity contribution in [1.82, 2.24) is 9.97 Å². The van der Waals surface area contributed by atoms with Gasteiger partial charge in [-0.2, -0.15) is 13.2 Å². The summed E-state index contributed by atoms with van der Waals surface area (Å²) < 4.78 is 67.0. The molecule has 0 N–H and O–H groups in total. The Balaban J connectivity index is 1.64. The second kappa shape index (κ2) is 11.4. The van der Waals surface area contributed by atoms with Gasteiger partial charge in [0, 0.05) is 67.0 Å².